The molecule has 0 saturated carbocycles. The molecule has 3 rings (SSSR count). The van der Waals surface area contributed by atoms with E-state index < -0.39 is 0 Å². The van der Waals surface area contributed by atoms with E-state index in [4.69, 9.17) is 16.3 Å². The quantitative estimate of drug-likeness (QED) is 0.705. The fraction of sp³-hybridized carbons (Fsp3) is 0.300. The lowest BCUT2D eigenvalue weighted by Crippen LogP contribution is -2.31. The normalized spacial score (nSPS) is 15.3. The molecule has 0 saturated heterocycles. The van der Waals surface area contributed by atoms with Crippen LogP contribution in [0.1, 0.15) is 31.9 Å². The molecule has 2 aromatic carbocycles. The zero-order chi connectivity index (χ0) is 17.5. The van der Waals surface area contributed by atoms with Gasteiger partial charge in [0.25, 0.3) is 0 Å². The molecule has 0 aliphatic carbocycles. The van der Waals surface area contributed by atoms with E-state index in [-0.39, 0.29) is 11.4 Å². The molecule has 0 radical (unpaired) electrons. The number of hydrogen-bond donors (Lipinski definition) is 1. The van der Waals surface area contributed by atoms with Gasteiger partial charge in [-0.3, -0.25) is 0 Å². The van der Waals surface area contributed by atoms with Crippen molar-refractivity contribution in [1.82, 2.24) is 0 Å². The molecule has 1 N–H and O–H groups in total. The van der Waals surface area contributed by atoms with Crippen molar-refractivity contribution in [2.75, 3.05) is 12.4 Å². The summed E-state index contributed by atoms with van der Waals surface area (Å²) in [5.74, 6) is 0.555. The standard InChI is InChI=1S/C20H21ClFNO/c1-12-10-20(2,3)23-17-8-7-14(16(11-21)19(12)17)15-6-5-13(22)9-18(15)24-4/h5-10,23H,11H2,1-4H3. The summed E-state index contributed by atoms with van der Waals surface area (Å²) in [6.45, 7) is 6.37. The van der Waals surface area contributed by atoms with E-state index in [9.17, 15) is 4.39 Å². The van der Waals surface area contributed by atoms with Gasteiger partial charge >= 0.3 is 0 Å². The number of halogens is 2. The van der Waals surface area contributed by atoms with Gasteiger partial charge in [-0.1, -0.05) is 12.1 Å². The van der Waals surface area contributed by atoms with E-state index in [1.165, 1.54) is 17.7 Å². The number of alkyl halides is 1. The molecule has 126 valence electrons. The van der Waals surface area contributed by atoms with Crippen LogP contribution in [-0.4, -0.2) is 12.6 Å². The number of benzene rings is 2. The third-order valence-corrected chi connectivity index (χ3v) is 4.60. The van der Waals surface area contributed by atoms with Crippen molar-refractivity contribution < 1.29 is 9.13 Å². The molecule has 4 heteroatoms. The highest BCUT2D eigenvalue weighted by Gasteiger charge is 2.26. The third kappa shape index (κ3) is 2.89. The number of fused-ring (bicyclic) bond motifs is 1. The van der Waals surface area contributed by atoms with Crippen LogP contribution in [-0.2, 0) is 5.88 Å². The van der Waals surface area contributed by atoms with Crippen molar-refractivity contribution in [1.29, 1.82) is 0 Å². The van der Waals surface area contributed by atoms with Gasteiger partial charge in [-0.25, -0.2) is 4.39 Å². The summed E-state index contributed by atoms with van der Waals surface area (Å²) in [5, 5.41) is 3.53. The minimum Gasteiger partial charge on any atom is -0.496 e. The average molecular weight is 346 g/mol. The lowest BCUT2D eigenvalue weighted by Gasteiger charge is -2.33. The van der Waals surface area contributed by atoms with E-state index >= 15 is 0 Å². The highest BCUT2D eigenvalue weighted by molar-refractivity contribution is 6.18. The first-order valence-corrected chi connectivity index (χ1v) is 8.43. The molecule has 2 aromatic rings. The molecule has 0 bridgehead atoms. The molecule has 1 aliphatic heterocycles. The Bertz CT molecular complexity index is 827. The second kappa shape index (κ2) is 6.14. The van der Waals surface area contributed by atoms with Gasteiger partial charge in [-0.15, -0.1) is 11.6 Å². The van der Waals surface area contributed by atoms with E-state index in [0.29, 0.717) is 11.6 Å². The maximum atomic E-state index is 13.5. The topological polar surface area (TPSA) is 21.3 Å². The van der Waals surface area contributed by atoms with E-state index in [2.05, 4.69) is 38.2 Å². The Hall–Kier alpha value is -2.00. The second-order valence-corrected chi connectivity index (χ2v) is 6.93. The summed E-state index contributed by atoms with van der Waals surface area (Å²) >= 11 is 6.31. The van der Waals surface area contributed by atoms with Crippen LogP contribution < -0.4 is 10.1 Å². The molecular formula is C20H21ClFNO. The predicted octanol–water partition coefficient (Wildman–Crippen LogP) is 5.85. The van der Waals surface area contributed by atoms with Crippen LogP contribution in [0.15, 0.2) is 36.4 Å². The fourth-order valence-electron chi connectivity index (χ4n) is 3.48. The molecule has 0 spiro atoms. The second-order valence-electron chi connectivity index (χ2n) is 6.67. The number of ether oxygens (including phenoxy) is 1. The highest BCUT2D eigenvalue weighted by atomic mass is 35.5. The van der Waals surface area contributed by atoms with Crippen LogP contribution in [0.2, 0.25) is 0 Å². The Labute approximate surface area is 147 Å². The van der Waals surface area contributed by atoms with Crippen LogP contribution in [0.25, 0.3) is 16.7 Å². The van der Waals surface area contributed by atoms with Crippen molar-refractivity contribution in [3.05, 3.63) is 53.4 Å². The molecule has 0 amide bonds. The minimum atomic E-state index is -0.319. The first kappa shape index (κ1) is 16.8. The molecule has 0 atom stereocenters. The molecule has 0 unspecified atom stereocenters. The van der Waals surface area contributed by atoms with Gasteiger partial charge in [0.05, 0.1) is 12.6 Å². The SMILES string of the molecule is COc1cc(F)ccc1-c1ccc2c(c1CCl)C(C)=CC(C)(C)N2. The van der Waals surface area contributed by atoms with Crippen LogP contribution >= 0.6 is 11.6 Å². The Kier molecular flexibility index (Phi) is 4.31. The van der Waals surface area contributed by atoms with Crippen LogP contribution in [0.3, 0.4) is 0 Å². The Morgan fingerprint density at radius 1 is 1.17 bits per heavy atom. The maximum absolute atomic E-state index is 13.5. The Morgan fingerprint density at radius 2 is 1.88 bits per heavy atom. The number of nitrogens with one attached hydrogen (secondary N) is 1. The van der Waals surface area contributed by atoms with E-state index in [1.54, 1.807) is 13.2 Å². The Balaban J connectivity index is 2.24. The van der Waals surface area contributed by atoms with Gasteiger partial charge in [0.15, 0.2) is 0 Å². The van der Waals surface area contributed by atoms with Gasteiger partial charge in [-0.05, 0) is 55.7 Å². The number of methoxy groups -OCH3 is 1. The first-order chi connectivity index (χ1) is 11.4. The summed E-state index contributed by atoms with van der Waals surface area (Å²) in [7, 11) is 1.55. The van der Waals surface area contributed by atoms with E-state index in [0.717, 1.165) is 27.9 Å². The van der Waals surface area contributed by atoms with Gasteiger partial charge in [0, 0.05) is 28.8 Å². The summed E-state index contributed by atoms with van der Waals surface area (Å²) in [6.07, 6.45) is 2.21. The first-order valence-electron chi connectivity index (χ1n) is 7.90. The summed E-state index contributed by atoms with van der Waals surface area (Å²) in [5.41, 5.74) is 6.11. The van der Waals surface area contributed by atoms with Crippen molar-refractivity contribution >= 4 is 22.9 Å². The van der Waals surface area contributed by atoms with Gasteiger partial charge in [-0.2, -0.15) is 0 Å². The number of hydrogen-bond acceptors (Lipinski definition) is 2. The Morgan fingerprint density at radius 3 is 2.54 bits per heavy atom. The average Bonchev–Trinajstić information content (AvgIpc) is 2.52. The summed E-state index contributed by atoms with van der Waals surface area (Å²) in [4.78, 5) is 0. The van der Waals surface area contributed by atoms with E-state index in [1.807, 2.05) is 6.07 Å². The zero-order valence-corrected chi connectivity index (χ0v) is 15.1. The number of allylic oxidation sites excluding steroid dienone is 1. The van der Waals surface area contributed by atoms with Crippen molar-refractivity contribution in [2.45, 2.75) is 32.2 Å². The number of rotatable bonds is 3. The molecule has 0 fully saturated rings. The minimum absolute atomic E-state index is 0.101. The molecule has 1 heterocycles. The van der Waals surface area contributed by atoms with Gasteiger partial charge in [0.1, 0.15) is 11.6 Å². The molecule has 1 aliphatic rings. The van der Waals surface area contributed by atoms with Crippen molar-refractivity contribution in [2.24, 2.45) is 0 Å². The lowest BCUT2D eigenvalue weighted by molar-refractivity contribution is 0.413. The zero-order valence-electron chi connectivity index (χ0n) is 14.3. The summed E-state index contributed by atoms with van der Waals surface area (Å²) in [6, 6.07) is 8.66. The maximum Gasteiger partial charge on any atom is 0.129 e. The molecule has 0 aromatic heterocycles. The number of anilines is 1. The highest BCUT2D eigenvalue weighted by Crippen LogP contribution is 2.42. The third-order valence-electron chi connectivity index (χ3n) is 4.33. The van der Waals surface area contributed by atoms with Crippen LogP contribution in [0, 0.1) is 5.82 Å². The molecule has 2 nitrogen and oxygen atoms in total. The lowest BCUT2D eigenvalue weighted by atomic mass is 9.85. The van der Waals surface area contributed by atoms with Crippen molar-refractivity contribution in [3.63, 3.8) is 0 Å². The predicted molar refractivity (Wildman–Crippen MR) is 99.3 cm³/mol. The summed E-state index contributed by atoms with van der Waals surface area (Å²) < 4.78 is 18.9. The van der Waals surface area contributed by atoms with Gasteiger partial charge in [0.2, 0.25) is 0 Å². The smallest absolute Gasteiger partial charge is 0.129 e. The van der Waals surface area contributed by atoms with Crippen LogP contribution in [0.4, 0.5) is 10.1 Å². The fourth-order valence-corrected chi connectivity index (χ4v) is 3.76. The molecule has 24 heavy (non-hydrogen) atoms. The monoisotopic (exact) mass is 345 g/mol. The van der Waals surface area contributed by atoms with Gasteiger partial charge < -0.3 is 10.1 Å². The largest absolute Gasteiger partial charge is 0.496 e. The molecular weight excluding hydrogens is 325 g/mol. The van der Waals surface area contributed by atoms with Crippen LogP contribution in [0.5, 0.6) is 5.75 Å². The van der Waals surface area contributed by atoms with Crippen molar-refractivity contribution in [3.8, 4) is 16.9 Å².